The maximum atomic E-state index is 13.5. The van der Waals surface area contributed by atoms with Crippen LogP contribution in [0.1, 0.15) is 43.0 Å². The minimum absolute atomic E-state index is 0.0894. The highest BCUT2D eigenvalue weighted by atomic mass is 19.1. The minimum Gasteiger partial charge on any atom is -0.352 e. The number of benzene rings is 2. The molecule has 2 aromatic carbocycles. The Morgan fingerprint density at radius 3 is 2.85 bits per heavy atom. The fourth-order valence-electron chi connectivity index (χ4n) is 4.19. The minimum atomic E-state index is -0.315. The van der Waals surface area contributed by atoms with Gasteiger partial charge in [0.15, 0.2) is 0 Å². The Balaban J connectivity index is 1.33. The number of likely N-dealkylation sites (tertiary alicyclic amines) is 1. The van der Waals surface area contributed by atoms with Crippen LogP contribution >= 0.6 is 0 Å². The number of amides is 1. The normalized spacial score (nSPS) is 16.4. The topological polar surface area (TPSA) is 70.2 Å². The van der Waals surface area contributed by atoms with E-state index in [0.717, 1.165) is 25.2 Å². The van der Waals surface area contributed by atoms with Crippen LogP contribution in [-0.4, -0.2) is 46.5 Å². The molecule has 0 bridgehead atoms. The Labute approximate surface area is 194 Å². The second-order valence-electron chi connectivity index (χ2n) is 8.49. The number of rotatable bonds is 8. The molecule has 0 spiro atoms. The molecule has 172 valence electrons. The lowest BCUT2D eigenvalue weighted by molar-refractivity contribution is 0.0949. The molecule has 0 aliphatic carbocycles. The highest BCUT2D eigenvalue weighted by molar-refractivity contribution is 5.95. The highest BCUT2D eigenvalue weighted by Gasteiger charge is 2.17. The predicted molar refractivity (Wildman–Crippen MR) is 129 cm³/mol. The summed E-state index contributed by atoms with van der Waals surface area (Å²) in [6.45, 7) is 5.12. The molecular formula is C26H30FN5O. The molecule has 3 aromatic rings. The van der Waals surface area contributed by atoms with Gasteiger partial charge in [-0.2, -0.15) is 0 Å². The first-order valence-electron chi connectivity index (χ1n) is 11.6. The van der Waals surface area contributed by atoms with Crippen LogP contribution in [0.15, 0.2) is 60.9 Å². The SMILES string of the molecule is CC1CCCCN1CCCNC(=O)c1cccc(Nc2cc(-c3cccc(F)c3)ncn2)c1. The summed E-state index contributed by atoms with van der Waals surface area (Å²) < 4.78 is 13.5. The molecule has 1 aliphatic rings. The summed E-state index contributed by atoms with van der Waals surface area (Å²) >= 11 is 0. The van der Waals surface area contributed by atoms with Crippen LogP contribution in [0.3, 0.4) is 0 Å². The van der Waals surface area contributed by atoms with E-state index in [1.54, 1.807) is 30.3 Å². The molecular weight excluding hydrogens is 417 g/mol. The number of halogens is 1. The fourth-order valence-corrected chi connectivity index (χ4v) is 4.19. The zero-order valence-corrected chi connectivity index (χ0v) is 18.9. The summed E-state index contributed by atoms with van der Waals surface area (Å²) in [7, 11) is 0. The highest BCUT2D eigenvalue weighted by Crippen LogP contribution is 2.22. The molecule has 1 aliphatic heterocycles. The molecule has 4 rings (SSSR count). The molecule has 0 radical (unpaired) electrons. The molecule has 1 unspecified atom stereocenters. The van der Waals surface area contributed by atoms with Gasteiger partial charge in [-0.25, -0.2) is 14.4 Å². The van der Waals surface area contributed by atoms with Crippen LogP contribution in [0, 0.1) is 5.82 Å². The molecule has 1 amide bonds. The smallest absolute Gasteiger partial charge is 0.251 e. The van der Waals surface area contributed by atoms with Gasteiger partial charge in [-0.3, -0.25) is 4.79 Å². The van der Waals surface area contributed by atoms with Gasteiger partial charge in [0.2, 0.25) is 0 Å². The van der Waals surface area contributed by atoms with Gasteiger partial charge in [-0.1, -0.05) is 24.6 Å². The Morgan fingerprint density at radius 1 is 1.12 bits per heavy atom. The lowest BCUT2D eigenvalue weighted by atomic mass is 10.0. The van der Waals surface area contributed by atoms with E-state index >= 15 is 0 Å². The van der Waals surface area contributed by atoms with Crippen LogP contribution in [0.5, 0.6) is 0 Å². The summed E-state index contributed by atoms with van der Waals surface area (Å²) in [5.41, 5.74) is 2.62. The van der Waals surface area contributed by atoms with Gasteiger partial charge in [0.25, 0.3) is 5.91 Å². The average molecular weight is 448 g/mol. The lowest BCUT2D eigenvalue weighted by Crippen LogP contribution is -2.39. The van der Waals surface area contributed by atoms with Gasteiger partial charge < -0.3 is 15.5 Å². The number of aromatic nitrogens is 2. The van der Waals surface area contributed by atoms with E-state index in [1.807, 2.05) is 12.1 Å². The Bertz CT molecular complexity index is 1090. The number of carbonyl (C=O) groups is 1. The second-order valence-corrected chi connectivity index (χ2v) is 8.49. The van der Waals surface area contributed by atoms with Crippen molar-refractivity contribution in [2.24, 2.45) is 0 Å². The van der Waals surface area contributed by atoms with Crippen molar-refractivity contribution >= 4 is 17.4 Å². The molecule has 1 aromatic heterocycles. The molecule has 0 saturated carbocycles. The number of hydrogen-bond donors (Lipinski definition) is 2. The summed E-state index contributed by atoms with van der Waals surface area (Å²) in [5.74, 6) is 0.163. The van der Waals surface area contributed by atoms with Crippen molar-refractivity contribution in [1.82, 2.24) is 20.2 Å². The van der Waals surface area contributed by atoms with Crippen LogP contribution in [0.2, 0.25) is 0 Å². The van der Waals surface area contributed by atoms with Crippen molar-refractivity contribution in [3.8, 4) is 11.3 Å². The fraction of sp³-hybridized carbons (Fsp3) is 0.346. The predicted octanol–water partition coefficient (Wildman–Crippen LogP) is 5.02. The van der Waals surface area contributed by atoms with Crippen molar-refractivity contribution in [1.29, 1.82) is 0 Å². The third-order valence-corrected chi connectivity index (χ3v) is 6.03. The van der Waals surface area contributed by atoms with E-state index in [2.05, 4.69) is 32.4 Å². The summed E-state index contributed by atoms with van der Waals surface area (Å²) in [4.78, 5) is 23.6. The van der Waals surface area contributed by atoms with E-state index in [4.69, 9.17) is 0 Å². The first-order valence-corrected chi connectivity index (χ1v) is 11.6. The zero-order valence-electron chi connectivity index (χ0n) is 18.9. The molecule has 6 nitrogen and oxygen atoms in total. The number of piperidine rings is 1. The van der Waals surface area contributed by atoms with E-state index in [9.17, 15) is 9.18 Å². The largest absolute Gasteiger partial charge is 0.352 e. The van der Waals surface area contributed by atoms with Crippen LogP contribution in [0.4, 0.5) is 15.9 Å². The quantitative estimate of drug-likeness (QED) is 0.475. The monoisotopic (exact) mass is 447 g/mol. The molecule has 2 N–H and O–H groups in total. The first-order chi connectivity index (χ1) is 16.1. The van der Waals surface area contributed by atoms with Crippen LogP contribution in [-0.2, 0) is 0 Å². The zero-order chi connectivity index (χ0) is 23.0. The second kappa shape index (κ2) is 11.0. The molecule has 2 heterocycles. The first kappa shape index (κ1) is 22.9. The van der Waals surface area contributed by atoms with Crippen molar-refractivity contribution in [2.45, 2.75) is 38.6 Å². The lowest BCUT2D eigenvalue weighted by Gasteiger charge is -2.33. The number of nitrogens with zero attached hydrogens (tertiary/aromatic N) is 3. The third-order valence-electron chi connectivity index (χ3n) is 6.03. The van der Waals surface area contributed by atoms with Crippen molar-refractivity contribution in [3.05, 3.63) is 72.3 Å². The van der Waals surface area contributed by atoms with E-state index in [-0.39, 0.29) is 11.7 Å². The number of nitrogens with one attached hydrogen (secondary N) is 2. The van der Waals surface area contributed by atoms with Gasteiger partial charge in [0, 0.05) is 42.0 Å². The van der Waals surface area contributed by atoms with Crippen molar-refractivity contribution < 1.29 is 9.18 Å². The molecule has 1 fully saturated rings. The summed E-state index contributed by atoms with van der Waals surface area (Å²) in [5, 5.41) is 6.23. The molecule has 7 heteroatoms. The van der Waals surface area contributed by atoms with Gasteiger partial charge >= 0.3 is 0 Å². The Kier molecular flexibility index (Phi) is 7.62. The average Bonchev–Trinajstić information content (AvgIpc) is 2.83. The molecule has 1 saturated heterocycles. The van der Waals surface area contributed by atoms with Crippen molar-refractivity contribution in [3.63, 3.8) is 0 Å². The van der Waals surface area contributed by atoms with Gasteiger partial charge in [0.1, 0.15) is 18.0 Å². The van der Waals surface area contributed by atoms with Crippen LogP contribution in [0.25, 0.3) is 11.3 Å². The number of hydrogen-bond acceptors (Lipinski definition) is 5. The standard InChI is InChI=1S/C26H30FN5O/c1-19-7-2-3-13-32(19)14-6-12-28-26(33)21-9-5-11-23(16-21)31-25-17-24(29-18-30-25)20-8-4-10-22(27)15-20/h4-5,8-11,15-19H,2-3,6-7,12-14H2,1H3,(H,28,33)(H,29,30,31). The van der Waals surface area contributed by atoms with Crippen LogP contribution < -0.4 is 10.6 Å². The van der Waals surface area contributed by atoms with E-state index in [1.165, 1.54) is 37.7 Å². The van der Waals surface area contributed by atoms with E-state index in [0.29, 0.717) is 35.2 Å². The molecule has 1 atom stereocenters. The van der Waals surface area contributed by atoms with Gasteiger partial charge in [0.05, 0.1) is 5.69 Å². The number of anilines is 2. The summed E-state index contributed by atoms with van der Waals surface area (Å²) in [6.07, 6.45) is 6.23. The Morgan fingerprint density at radius 2 is 2.00 bits per heavy atom. The summed E-state index contributed by atoms with van der Waals surface area (Å²) in [6, 6.07) is 16.0. The maximum Gasteiger partial charge on any atom is 0.251 e. The van der Waals surface area contributed by atoms with E-state index < -0.39 is 0 Å². The third kappa shape index (κ3) is 6.35. The van der Waals surface area contributed by atoms with Gasteiger partial charge in [-0.15, -0.1) is 0 Å². The van der Waals surface area contributed by atoms with Crippen molar-refractivity contribution in [2.75, 3.05) is 25.0 Å². The maximum absolute atomic E-state index is 13.5. The molecule has 33 heavy (non-hydrogen) atoms. The van der Waals surface area contributed by atoms with Gasteiger partial charge in [-0.05, 0) is 63.1 Å². The Hall–Kier alpha value is -3.32. The number of carbonyl (C=O) groups excluding carboxylic acids is 1.